The van der Waals surface area contributed by atoms with E-state index in [0.717, 1.165) is 11.3 Å². The first-order chi connectivity index (χ1) is 7.67. The van der Waals surface area contributed by atoms with Gasteiger partial charge in [-0.3, -0.25) is 0 Å². The Labute approximate surface area is 96.0 Å². The Hall–Kier alpha value is -1.54. The summed E-state index contributed by atoms with van der Waals surface area (Å²) in [5, 5.41) is 2.43. The smallest absolute Gasteiger partial charge is 0.127 e. The second-order valence-electron chi connectivity index (χ2n) is 4.12. The molecule has 0 heterocycles. The first-order valence-electron chi connectivity index (χ1n) is 5.44. The number of benzene rings is 2. The highest BCUT2D eigenvalue weighted by Crippen LogP contribution is 2.32. The van der Waals surface area contributed by atoms with E-state index in [0.29, 0.717) is 6.54 Å². The van der Waals surface area contributed by atoms with E-state index in [2.05, 4.69) is 32.0 Å². The molecular formula is C14H17NO. The van der Waals surface area contributed by atoms with Crippen LogP contribution in [0.5, 0.6) is 5.75 Å². The topological polar surface area (TPSA) is 35.2 Å². The van der Waals surface area contributed by atoms with Crippen LogP contribution in [0.2, 0.25) is 0 Å². The van der Waals surface area contributed by atoms with E-state index in [9.17, 15) is 0 Å². The van der Waals surface area contributed by atoms with E-state index < -0.39 is 0 Å². The molecule has 2 aromatic carbocycles. The molecular weight excluding hydrogens is 198 g/mol. The summed E-state index contributed by atoms with van der Waals surface area (Å²) in [5.41, 5.74) is 9.30. The molecule has 84 valence electrons. The molecule has 2 rings (SSSR count). The van der Waals surface area contributed by atoms with Gasteiger partial charge in [0.2, 0.25) is 0 Å². The molecule has 0 fully saturated rings. The molecule has 16 heavy (non-hydrogen) atoms. The molecule has 2 heteroatoms. The van der Waals surface area contributed by atoms with E-state index in [-0.39, 0.29) is 0 Å². The van der Waals surface area contributed by atoms with Gasteiger partial charge in [0.15, 0.2) is 0 Å². The maximum Gasteiger partial charge on any atom is 0.127 e. The number of ether oxygens (including phenoxy) is 1. The van der Waals surface area contributed by atoms with Crippen molar-refractivity contribution in [3.05, 3.63) is 41.0 Å². The van der Waals surface area contributed by atoms with Crippen LogP contribution in [0.1, 0.15) is 16.7 Å². The Morgan fingerprint density at radius 3 is 2.44 bits per heavy atom. The largest absolute Gasteiger partial charge is 0.496 e. The first kappa shape index (κ1) is 11.0. The molecule has 0 radical (unpaired) electrons. The highest BCUT2D eigenvalue weighted by atomic mass is 16.5. The van der Waals surface area contributed by atoms with Gasteiger partial charge in [-0.25, -0.2) is 0 Å². The second kappa shape index (κ2) is 4.14. The van der Waals surface area contributed by atoms with Crippen molar-refractivity contribution >= 4 is 10.8 Å². The quantitative estimate of drug-likeness (QED) is 0.836. The summed E-state index contributed by atoms with van der Waals surface area (Å²) in [6.45, 7) is 4.76. The first-order valence-corrected chi connectivity index (χ1v) is 5.44. The fraction of sp³-hybridized carbons (Fsp3) is 0.286. The summed E-state index contributed by atoms with van der Waals surface area (Å²) in [4.78, 5) is 0. The average Bonchev–Trinajstić information content (AvgIpc) is 2.32. The van der Waals surface area contributed by atoms with Gasteiger partial charge in [-0.1, -0.05) is 12.1 Å². The van der Waals surface area contributed by atoms with Gasteiger partial charge in [-0.2, -0.15) is 0 Å². The van der Waals surface area contributed by atoms with Crippen molar-refractivity contribution in [1.82, 2.24) is 0 Å². The summed E-state index contributed by atoms with van der Waals surface area (Å²) in [6, 6.07) is 8.44. The zero-order valence-electron chi connectivity index (χ0n) is 10.0. The van der Waals surface area contributed by atoms with Gasteiger partial charge in [0.1, 0.15) is 5.75 Å². The standard InChI is InChI=1S/C14H17NO/c1-9-4-5-10(2)14-12(9)6-11(8-15)7-13(14)16-3/h4-7H,8,15H2,1-3H3. The lowest BCUT2D eigenvalue weighted by atomic mass is 9.98. The maximum absolute atomic E-state index is 5.70. The lowest BCUT2D eigenvalue weighted by Crippen LogP contribution is -1.98. The van der Waals surface area contributed by atoms with Gasteiger partial charge in [0, 0.05) is 11.9 Å². The molecule has 0 saturated heterocycles. The number of nitrogens with two attached hydrogens (primary N) is 1. The second-order valence-corrected chi connectivity index (χ2v) is 4.12. The molecule has 0 spiro atoms. The molecule has 0 saturated carbocycles. The molecule has 2 N–H and O–H groups in total. The minimum atomic E-state index is 0.541. The molecule has 0 aromatic heterocycles. The van der Waals surface area contributed by atoms with E-state index >= 15 is 0 Å². The van der Waals surface area contributed by atoms with Crippen molar-refractivity contribution in [3.63, 3.8) is 0 Å². The fourth-order valence-electron chi connectivity index (χ4n) is 2.09. The van der Waals surface area contributed by atoms with E-state index in [1.54, 1.807) is 7.11 Å². The zero-order chi connectivity index (χ0) is 11.7. The Bertz CT molecular complexity index is 532. The molecule has 0 unspecified atom stereocenters. The lowest BCUT2D eigenvalue weighted by Gasteiger charge is -2.12. The third-order valence-corrected chi connectivity index (χ3v) is 3.02. The molecule has 2 aromatic rings. The van der Waals surface area contributed by atoms with Crippen LogP contribution >= 0.6 is 0 Å². The van der Waals surface area contributed by atoms with Crippen LogP contribution in [0.25, 0.3) is 10.8 Å². The van der Waals surface area contributed by atoms with Gasteiger partial charge >= 0.3 is 0 Å². The van der Waals surface area contributed by atoms with Crippen LogP contribution < -0.4 is 10.5 Å². The minimum Gasteiger partial charge on any atom is -0.496 e. The van der Waals surface area contributed by atoms with Crippen molar-refractivity contribution in [3.8, 4) is 5.75 Å². The lowest BCUT2D eigenvalue weighted by molar-refractivity contribution is 0.419. The van der Waals surface area contributed by atoms with Crippen LogP contribution in [0.15, 0.2) is 24.3 Å². The van der Waals surface area contributed by atoms with Gasteiger partial charge < -0.3 is 10.5 Å². The van der Waals surface area contributed by atoms with Crippen molar-refractivity contribution < 1.29 is 4.74 Å². The highest BCUT2D eigenvalue weighted by Gasteiger charge is 2.08. The third-order valence-electron chi connectivity index (χ3n) is 3.02. The fourth-order valence-corrected chi connectivity index (χ4v) is 2.09. The average molecular weight is 215 g/mol. The number of methoxy groups -OCH3 is 1. The Morgan fingerprint density at radius 1 is 1.12 bits per heavy atom. The number of fused-ring (bicyclic) bond motifs is 1. The minimum absolute atomic E-state index is 0.541. The van der Waals surface area contributed by atoms with Gasteiger partial charge in [-0.05, 0) is 48.1 Å². The van der Waals surface area contributed by atoms with Crippen LogP contribution in [-0.2, 0) is 6.54 Å². The van der Waals surface area contributed by atoms with Crippen LogP contribution in [0, 0.1) is 13.8 Å². The summed E-state index contributed by atoms with van der Waals surface area (Å²) in [7, 11) is 1.71. The van der Waals surface area contributed by atoms with E-state index in [1.165, 1.54) is 21.9 Å². The van der Waals surface area contributed by atoms with Crippen molar-refractivity contribution in [2.45, 2.75) is 20.4 Å². The molecule has 0 aliphatic heterocycles. The zero-order valence-corrected chi connectivity index (χ0v) is 10.0. The molecule has 0 atom stereocenters. The summed E-state index contributed by atoms with van der Waals surface area (Å²) < 4.78 is 5.45. The normalized spacial score (nSPS) is 10.8. The van der Waals surface area contributed by atoms with Crippen LogP contribution in [-0.4, -0.2) is 7.11 Å². The van der Waals surface area contributed by atoms with Gasteiger partial charge in [0.05, 0.1) is 7.11 Å². The Kier molecular flexibility index (Phi) is 2.84. The van der Waals surface area contributed by atoms with Gasteiger partial charge in [0.25, 0.3) is 0 Å². The Balaban J connectivity index is 2.88. The van der Waals surface area contributed by atoms with Crippen molar-refractivity contribution in [2.24, 2.45) is 5.73 Å². The SMILES string of the molecule is COc1cc(CN)cc2c(C)ccc(C)c12. The molecule has 2 nitrogen and oxygen atoms in total. The molecule has 0 amide bonds. The number of hydrogen-bond acceptors (Lipinski definition) is 2. The van der Waals surface area contributed by atoms with Crippen LogP contribution in [0.3, 0.4) is 0 Å². The highest BCUT2D eigenvalue weighted by molar-refractivity contribution is 5.94. The molecule has 0 aliphatic carbocycles. The van der Waals surface area contributed by atoms with Crippen LogP contribution in [0.4, 0.5) is 0 Å². The number of rotatable bonds is 2. The molecule has 0 bridgehead atoms. The van der Waals surface area contributed by atoms with Crippen molar-refractivity contribution in [2.75, 3.05) is 7.11 Å². The number of hydrogen-bond donors (Lipinski definition) is 1. The summed E-state index contributed by atoms with van der Waals surface area (Å²) >= 11 is 0. The van der Waals surface area contributed by atoms with E-state index in [4.69, 9.17) is 10.5 Å². The van der Waals surface area contributed by atoms with E-state index in [1.807, 2.05) is 6.07 Å². The monoisotopic (exact) mass is 215 g/mol. The number of aryl methyl sites for hydroxylation is 2. The summed E-state index contributed by atoms with van der Waals surface area (Å²) in [6.07, 6.45) is 0. The summed E-state index contributed by atoms with van der Waals surface area (Å²) in [5.74, 6) is 0.916. The third kappa shape index (κ3) is 1.65. The molecule has 0 aliphatic rings. The maximum atomic E-state index is 5.70. The van der Waals surface area contributed by atoms with Gasteiger partial charge in [-0.15, -0.1) is 0 Å². The predicted molar refractivity (Wildman–Crippen MR) is 67.9 cm³/mol. The Morgan fingerprint density at radius 2 is 1.81 bits per heavy atom. The van der Waals surface area contributed by atoms with Crippen molar-refractivity contribution in [1.29, 1.82) is 0 Å². The predicted octanol–water partition coefficient (Wildman–Crippen LogP) is 2.92.